The van der Waals surface area contributed by atoms with Gasteiger partial charge >= 0.3 is 0 Å². The van der Waals surface area contributed by atoms with Gasteiger partial charge in [0.2, 0.25) is 0 Å². The van der Waals surface area contributed by atoms with Gasteiger partial charge in [-0.1, -0.05) is 43.7 Å². The molecule has 0 saturated heterocycles. The molecular weight excluding hydrogens is 252 g/mol. The van der Waals surface area contributed by atoms with Crippen molar-refractivity contribution in [3.05, 3.63) is 52.0 Å². The van der Waals surface area contributed by atoms with Crippen molar-refractivity contribution in [1.29, 1.82) is 0 Å². The number of nitrogens with zero attached hydrogens (tertiary/aromatic N) is 1. The average molecular weight is 274 g/mol. The van der Waals surface area contributed by atoms with Gasteiger partial charge < -0.3 is 5.32 Å². The Balaban J connectivity index is 2.11. The van der Waals surface area contributed by atoms with Crippen molar-refractivity contribution < 1.29 is 0 Å². The van der Waals surface area contributed by atoms with Crippen LogP contribution in [0.25, 0.3) is 0 Å². The smallest absolute Gasteiger partial charge is 0.109 e. The van der Waals surface area contributed by atoms with Crippen LogP contribution in [0.3, 0.4) is 0 Å². The first-order chi connectivity index (χ1) is 9.24. The monoisotopic (exact) mass is 274 g/mol. The lowest BCUT2D eigenvalue weighted by molar-refractivity contribution is 0.425. The molecule has 2 aromatic rings. The molecule has 0 spiro atoms. The van der Waals surface area contributed by atoms with Crippen molar-refractivity contribution in [2.45, 2.75) is 45.7 Å². The number of hydrogen-bond acceptors (Lipinski definition) is 3. The third-order valence-corrected chi connectivity index (χ3v) is 4.34. The van der Waals surface area contributed by atoms with Crippen LogP contribution in [-0.2, 0) is 0 Å². The fraction of sp³-hybridized carbons (Fsp3) is 0.438. The lowest BCUT2D eigenvalue weighted by Crippen LogP contribution is -2.25. The van der Waals surface area contributed by atoms with Gasteiger partial charge in [-0.3, -0.25) is 0 Å². The van der Waals surface area contributed by atoms with Crippen LogP contribution < -0.4 is 5.32 Å². The Kier molecular flexibility index (Phi) is 5.11. The summed E-state index contributed by atoms with van der Waals surface area (Å²) in [7, 11) is 0. The van der Waals surface area contributed by atoms with Gasteiger partial charge in [-0.15, -0.1) is 11.3 Å². The number of rotatable bonds is 6. The predicted octanol–water partition coefficient (Wildman–Crippen LogP) is 4.64. The molecule has 0 saturated carbocycles. The second-order valence-corrected chi connectivity index (χ2v) is 5.80. The van der Waals surface area contributed by atoms with Gasteiger partial charge in [0.1, 0.15) is 5.01 Å². The molecule has 3 heteroatoms. The number of aromatic nitrogens is 1. The van der Waals surface area contributed by atoms with E-state index in [1.807, 2.05) is 11.6 Å². The van der Waals surface area contributed by atoms with E-state index >= 15 is 0 Å². The summed E-state index contributed by atoms with van der Waals surface area (Å²) in [4.78, 5) is 4.44. The zero-order valence-electron chi connectivity index (χ0n) is 11.9. The highest BCUT2D eigenvalue weighted by molar-refractivity contribution is 7.09. The largest absolute Gasteiger partial charge is 0.301 e. The van der Waals surface area contributed by atoms with Gasteiger partial charge in [0.15, 0.2) is 0 Å². The van der Waals surface area contributed by atoms with Crippen LogP contribution in [0.1, 0.15) is 54.9 Å². The summed E-state index contributed by atoms with van der Waals surface area (Å²) in [5.74, 6) is 0. The van der Waals surface area contributed by atoms with E-state index in [0.717, 1.165) is 12.8 Å². The van der Waals surface area contributed by atoms with E-state index in [2.05, 4.69) is 55.3 Å². The summed E-state index contributed by atoms with van der Waals surface area (Å²) in [6.45, 7) is 6.57. The maximum absolute atomic E-state index is 4.44. The summed E-state index contributed by atoms with van der Waals surface area (Å²) in [5, 5.41) is 6.98. The molecule has 1 aromatic heterocycles. The van der Waals surface area contributed by atoms with E-state index in [1.165, 1.54) is 16.1 Å². The molecular formula is C16H22N2S. The van der Waals surface area contributed by atoms with Crippen LogP contribution in [0.4, 0.5) is 0 Å². The molecule has 0 bridgehead atoms. The Morgan fingerprint density at radius 2 is 1.79 bits per heavy atom. The van der Waals surface area contributed by atoms with E-state index < -0.39 is 0 Å². The van der Waals surface area contributed by atoms with E-state index in [1.54, 1.807) is 11.3 Å². The van der Waals surface area contributed by atoms with Gasteiger partial charge in [0.05, 0.1) is 6.04 Å². The van der Waals surface area contributed by atoms with Gasteiger partial charge in [-0.05, 0) is 25.3 Å². The normalized spacial score (nSPS) is 14.3. The molecule has 0 fully saturated rings. The number of hydrogen-bond donors (Lipinski definition) is 1. The topological polar surface area (TPSA) is 24.9 Å². The van der Waals surface area contributed by atoms with E-state index in [4.69, 9.17) is 0 Å². The molecule has 1 heterocycles. The highest BCUT2D eigenvalue weighted by Crippen LogP contribution is 2.25. The average Bonchev–Trinajstić information content (AvgIpc) is 2.95. The van der Waals surface area contributed by atoms with Crippen molar-refractivity contribution in [1.82, 2.24) is 10.3 Å². The van der Waals surface area contributed by atoms with E-state index in [0.29, 0.717) is 12.1 Å². The lowest BCUT2D eigenvalue weighted by Gasteiger charge is -2.23. The van der Waals surface area contributed by atoms with Gasteiger partial charge in [0.25, 0.3) is 0 Å². The number of nitrogens with one attached hydrogen (secondary N) is 1. The first kappa shape index (κ1) is 14.2. The zero-order chi connectivity index (χ0) is 13.7. The van der Waals surface area contributed by atoms with Crippen LogP contribution in [0.15, 0.2) is 35.8 Å². The number of thiazole rings is 1. The molecule has 0 aliphatic carbocycles. The summed E-state index contributed by atoms with van der Waals surface area (Å²) in [5.41, 5.74) is 2.67. The second kappa shape index (κ2) is 6.83. The minimum absolute atomic E-state index is 0.353. The molecule has 2 unspecified atom stereocenters. The molecule has 2 nitrogen and oxygen atoms in total. The minimum atomic E-state index is 0.353. The van der Waals surface area contributed by atoms with Crippen molar-refractivity contribution in [3.8, 4) is 0 Å². The maximum Gasteiger partial charge on any atom is 0.109 e. The van der Waals surface area contributed by atoms with Crippen LogP contribution in [0.2, 0.25) is 0 Å². The fourth-order valence-corrected chi connectivity index (χ4v) is 3.04. The molecule has 2 rings (SSSR count). The van der Waals surface area contributed by atoms with Crippen molar-refractivity contribution in [3.63, 3.8) is 0 Å². The minimum Gasteiger partial charge on any atom is -0.301 e. The van der Waals surface area contributed by atoms with Crippen molar-refractivity contribution in [2.75, 3.05) is 0 Å². The molecule has 1 aromatic carbocycles. The standard InChI is InChI=1S/C16H22N2S/c1-4-14(13-8-6-12(3)7-9-13)18-15(5-2)16-17-10-11-19-16/h6-11,14-15,18H,4-5H2,1-3H3. The summed E-state index contributed by atoms with van der Waals surface area (Å²) in [6.07, 6.45) is 4.04. The van der Waals surface area contributed by atoms with Crippen LogP contribution in [0.5, 0.6) is 0 Å². The highest BCUT2D eigenvalue weighted by Gasteiger charge is 2.17. The Morgan fingerprint density at radius 3 is 2.32 bits per heavy atom. The van der Waals surface area contributed by atoms with Crippen LogP contribution in [-0.4, -0.2) is 4.98 Å². The Bertz CT molecular complexity index is 476. The molecule has 102 valence electrons. The Labute approximate surface area is 119 Å². The highest BCUT2D eigenvalue weighted by atomic mass is 32.1. The lowest BCUT2D eigenvalue weighted by atomic mass is 10.0. The fourth-order valence-electron chi connectivity index (χ4n) is 2.26. The Morgan fingerprint density at radius 1 is 1.11 bits per heavy atom. The first-order valence-corrected chi connectivity index (χ1v) is 7.84. The van der Waals surface area contributed by atoms with Crippen molar-refractivity contribution in [2.24, 2.45) is 0 Å². The SMILES string of the molecule is CCC(NC(CC)c1nccs1)c1ccc(C)cc1. The third-order valence-electron chi connectivity index (χ3n) is 3.45. The van der Waals surface area contributed by atoms with E-state index in [-0.39, 0.29) is 0 Å². The van der Waals surface area contributed by atoms with E-state index in [9.17, 15) is 0 Å². The molecule has 1 N–H and O–H groups in total. The Hall–Kier alpha value is -1.19. The van der Waals surface area contributed by atoms with Crippen LogP contribution in [0, 0.1) is 6.92 Å². The van der Waals surface area contributed by atoms with Crippen molar-refractivity contribution >= 4 is 11.3 Å². The number of benzene rings is 1. The molecule has 2 atom stereocenters. The van der Waals surface area contributed by atoms with Gasteiger partial charge in [0, 0.05) is 17.6 Å². The molecule has 0 amide bonds. The zero-order valence-corrected chi connectivity index (χ0v) is 12.7. The van der Waals surface area contributed by atoms with Gasteiger partial charge in [-0.2, -0.15) is 0 Å². The number of aryl methyl sites for hydroxylation is 1. The second-order valence-electron chi connectivity index (χ2n) is 4.87. The van der Waals surface area contributed by atoms with Gasteiger partial charge in [-0.25, -0.2) is 4.98 Å². The summed E-state index contributed by atoms with van der Waals surface area (Å²) in [6, 6.07) is 9.57. The quantitative estimate of drug-likeness (QED) is 0.829. The molecule has 0 aliphatic rings. The van der Waals surface area contributed by atoms with Crippen LogP contribution >= 0.6 is 11.3 Å². The maximum atomic E-state index is 4.44. The third kappa shape index (κ3) is 3.64. The first-order valence-electron chi connectivity index (χ1n) is 6.96. The summed E-state index contributed by atoms with van der Waals surface area (Å²) >= 11 is 1.73. The molecule has 0 aliphatic heterocycles. The summed E-state index contributed by atoms with van der Waals surface area (Å²) < 4.78 is 0. The molecule has 19 heavy (non-hydrogen) atoms. The molecule has 0 radical (unpaired) electrons. The predicted molar refractivity (Wildman–Crippen MR) is 82.5 cm³/mol.